The lowest BCUT2D eigenvalue weighted by Crippen LogP contribution is -2.03. The average molecular weight is 371 g/mol. The number of nitrogens with one attached hydrogen (secondary N) is 1. The molecule has 0 fully saturated rings. The topological polar surface area (TPSA) is 85.2 Å². The predicted octanol–water partition coefficient (Wildman–Crippen LogP) is 5.01. The van der Waals surface area contributed by atoms with E-state index in [-0.39, 0.29) is 22.6 Å². The minimum absolute atomic E-state index is 0.0251. The molecule has 0 atom stereocenters. The van der Waals surface area contributed by atoms with Crippen molar-refractivity contribution >= 4 is 23.3 Å². The highest BCUT2D eigenvalue weighted by molar-refractivity contribution is 6.30. The van der Waals surface area contributed by atoms with Crippen molar-refractivity contribution in [1.82, 2.24) is 4.98 Å². The number of nitro groups is 1. The fourth-order valence-electron chi connectivity index (χ4n) is 2.75. The van der Waals surface area contributed by atoms with E-state index in [1.807, 2.05) is 19.1 Å². The molecule has 1 aromatic heterocycles. The van der Waals surface area contributed by atoms with Crippen LogP contribution in [0.5, 0.6) is 0 Å². The quantitative estimate of drug-likeness (QED) is 0.397. The van der Waals surface area contributed by atoms with Crippen molar-refractivity contribution in [2.45, 2.75) is 6.92 Å². The fourth-order valence-corrected chi connectivity index (χ4v) is 2.88. The molecule has 0 aliphatic carbocycles. The van der Waals surface area contributed by atoms with E-state index in [4.69, 9.17) is 16.3 Å². The number of hydrogen-bond donors (Lipinski definition) is 1. The second-order valence-electron chi connectivity index (χ2n) is 5.72. The molecule has 0 bridgehead atoms. The van der Waals surface area contributed by atoms with Gasteiger partial charge in [0.2, 0.25) is 0 Å². The molecule has 0 aliphatic heterocycles. The highest BCUT2D eigenvalue weighted by Gasteiger charge is 2.32. The Morgan fingerprint density at radius 1 is 1.08 bits per heavy atom. The van der Waals surface area contributed by atoms with Crippen LogP contribution in [-0.4, -0.2) is 23.0 Å². The van der Waals surface area contributed by atoms with Crippen LogP contribution in [0.1, 0.15) is 16.1 Å². The lowest BCUT2D eigenvalue weighted by Gasteiger charge is -2.03. The molecule has 0 saturated heterocycles. The molecular weight excluding hydrogens is 356 g/mol. The number of H-pyrrole nitrogens is 1. The third-order valence-electron chi connectivity index (χ3n) is 4.02. The summed E-state index contributed by atoms with van der Waals surface area (Å²) in [4.78, 5) is 26.5. The van der Waals surface area contributed by atoms with Crippen molar-refractivity contribution < 1.29 is 14.5 Å². The first kappa shape index (κ1) is 17.7. The Morgan fingerprint density at radius 3 is 2.19 bits per heavy atom. The molecule has 132 valence electrons. The predicted molar refractivity (Wildman–Crippen MR) is 99.4 cm³/mol. The van der Waals surface area contributed by atoms with Gasteiger partial charge in [-0.05, 0) is 24.6 Å². The van der Waals surface area contributed by atoms with Gasteiger partial charge in [0, 0.05) is 10.6 Å². The van der Waals surface area contributed by atoms with Gasteiger partial charge >= 0.3 is 11.7 Å². The van der Waals surface area contributed by atoms with Crippen LogP contribution in [0.3, 0.4) is 0 Å². The second kappa shape index (κ2) is 7.01. The van der Waals surface area contributed by atoms with Crippen molar-refractivity contribution in [3.63, 3.8) is 0 Å². The molecule has 3 aromatic rings. The average Bonchev–Trinajstić information content (AvgIpc) is 3.03. The number of aromatic nitrogens is 1. The van der Waals surface area contributed by atoms with Gasteiger partial charge in [-0.25, -0.2) is 4.79 Å². The molecule has 3 rings (SSSR count). The number of aromatic amines is 1. The number of benzene rings is 2. The van der Waals surface area contributed by atoms with Gasteiger partial charge in [-0.1, -0.05) is 53.6 Å². The summed E-state index contributed by atoms with van der Waals surface area (Å²) in [6.07, 6.45) is 0. The van der Waals surface area contributed by atoms with E-state index in [0.717, 1.165) is 5.56 Å². The standard InChI is InChI=1S/C19H15ClN2O4/c1-11-3-5-13(6-4-11)16-18(22(24)25)15(17(21-16)19(23)26-2)12-7-9-14(20)10-8-12/h3-10,21H,1-2H3. The summed E-state index contributed by atoms with van der Waals surface area (Å²) in [5.74, 6) is -0.684. The van der Waals surface area contributed by atoms with E-state index in [0.29, 0.717) is 16.1 Å². The molecule has 0 amide bonds. The van der Waals surface area contributed by atoms with Gasteiger partial charge in [-0.2, -0.15) is 0 Å². The Labute approximate surface area is 154 Å². The maximum absolute atomic E-state index is 12.2. The third kappa shape index (κ3) is 3.19. The fraction of sp³-hybridized carbons (Fsp3) is 0.105. The Balaban J connectivity index is 2.33. The Morgan fingerprint density at radius 2 is 1.65 bits per heavy atom. The van der Waals surface area contributed by atoms with Crippen molar-refractivity contribution in [2.24, 2.45) is 0 Å². The van der Waals surface area contributed by atoms with Crippen molar-refractivity contribution in [1.29, 1.82) is 0 Å². The minimum Gasteiger partial charge on any atom is -0.464 e. The number of carbonyl (C=O) groups is 1. The van der Waals surface area contributed by atoms with Crippen LogP contribution in [0.4, 0.5) is 5.69 Å². The summed E-state index contributed by atoms with van der Waals surface area (Å²) in [5, 5.41) is 12.3. The van der Waals surface area contributed by atoms with Crippen LogP contribution in [0.15, 0.2) is 48.5 Å². The molecule has 2 aromatic carbocycles. The first-order valence-electron chi connectivity index (χ1n) is 7.74. The third-order valence-corrected chi connectivity index (χ3v) is 4.27. The van der Waals surface area contributed by atoms with Gasteiger partial charge < -0.3 is 9.72 Å². The number of carbonyl (C=O) groups excluding carboxylic acids is 1. The Kier molecular flexibility index (Phi) is 4.77. The molecule has 1 heterocycles. The van der Waals surface area contributed by atoms with Crippen LogP contribution in [0.2, 0.25) is 5.02 Å². The summed E-state index contributed by atoms with van der Waals surface area (Å²) >= 11 is 5.91. The number of rotatable bonds is 4. The van der Waals surface area contributed by atoms with Gasteiger partial charge in [0.25, 0.3) is 0 Å². The Bertz CT molecular complexity index is 976. The molecule has 6 nitrogen and oxygen atoms in total. The van der Waals surface area contributed by atoms with E-state index in [2.05, 4.69) is 4.98 Å². The smallest absolute Gasteiger partial charge is 0.355 e. The van der Waals surface area contributed by atoms with Crippen LogP contribution in [-0.2, 0) is 4.74 Å². The minimum atomic E-state index is -0.684. The van der Waals surface area contributed by atoms with Crippen LogP contribution in [0.25, 0.3) is 22.4 Å². The molecule has 0 saturated carbocycles. The maximum Gasteiger partial charge on any atom is 0.355 e. The molecule has 0 aliphatic rings. The van der Waals surface area contributed by atoms with E-state index in [1.54, 1.807) is 36.4 Å². The van der Waals surface area contributed by atoms with Gasteiger partial charge in [0.1, 0.15) is 11.4 Å². The van der Waals surface area contributed by atoms with E-state index < -0.39 is 10.9 Å². The van der Waals surface area contributed by atoms with Crippen molar-refractivity contribution in [3.8, 4) is 22.4 Å². The van der Waals surface area contributed by atoms with Gasteiger partial charge in [0.15, 0.2) is 0 Å². The molecular formula is C19H15ClN2O4. The number of hydrogen-bond acceptors (Lipinski definition) is 4. The SMILES string of the molecule is COC(=O)c1[nH]c(-c2ccc(C)cc2)c([N+](=O)[O-])c1-c1ccc(Cl)cc1. The van der Waals surface area contributed by atoms with Crippen LogP contribution >= 0.6 is 11.6 Å². The van der Waals surface area contributed by atoms with E-state index in [9.17, 15) is 14.9 Å². The van der Waals surface area contributed by atoms with Crippen LogP contribution in [0, 0.1) is 17.0 Å². The number of ether oxygens (including phenoxy) is 1. The number of esters is 1. The lowest BCUT2D eigenvalue weighted by atomic mass is 10.0. The number of methoxy groups -OCH3 is 1. The van der Waals surface area contributed by atoms with Crippen molar-refractivity contribution in [3.05, 3.63) is 74.9 Å². The van der Waals surface area contributed by atoms with Gasteiger partial charge in [-0.3, -0.25) is 10.1 Å². The van der Waals surface area contributed by atoms with Gasteiger partial charge in [-0.15, -0.1) is 0 Å². The summed E-state index contributed by atoms with van der Waals surface area (Å²) < 4.78 is 4.81. The number of aryl methyl sites for hydroxylation is 1. The first-order chi connectivity index (χ1) is 12.4. The molecule has 0 unspecified atom stereocenters. The van der Waals surface area contributed by atoms with Gasteiger partial charge in [0.05, 0.1) is 17.6 Å². The molecule has 0 radical (unpaired) electrons. The van der Waals surface area contributed by atoms with Crippen molar-refractivity contribution in [2.75, 3.05) is 7.11 Å². The molecule has 1 N–H and O–H groups in total. The maximum atomic E-state index is 12.2. The summed E-state index contributed by atoms with van der Waals surface area (Å²) in [7, 11) is 1.23. The molecule has 26 heavy (non-hydrogen) atoms. The zero-order valence-corrected chi connectivity index (χ0v) is 14.8. The zero-order valence-electron chi connectivity index (χ0n) is 14.1. The summed E-state index contributed by atoms with van der Waals surface area (Å²) in [6, 6.07) is 13.7. The summed E-state index contributed by atoms with van der Waals surface area (Å²) in [6.45, 7) is 1.92. The highest BCUT2D eigenvalue weighted by atomic mass is 35.5. The molecule has 0 spiro atoms. The molecule has 7 heteroatoms. The largest absolute Gasteiger partial charge is 0.464 e. The van der Waals surface area contributed by atoms with Crippen LogP contribution < -0.4 is 0 Å². The first-order valence-corrected chi connectivity index (χ1v) is 8.11. The van der Waals surface area contributed by atoms with E-state index >= 15 is 0 Å². The normalized spacial score (nSPS) is 10.6. The number of halogens is 1. The van der Waals surface area contributed by atoms with E-state index in [1.165, 1.54) is 7.11 Å². The number of nitrogens with zero attached hydrogens (tertiary/aromatic N) is 1. The Hall–Kier alpha value is -3.12. The monoisotopic (exact) mass is 370 g/mol. The summed E-state index contributed by atoms with van der Waals surface area (Å²) in [5.41, 5.74) is 2.39. The lowest BCUT2D eigenvalue weighted by molar-refractivity contribution is -0.383. The highest BCUT2D eigenvalue weighted by Crippen LogP contribution is 2.41. The second-order valence-corrected chi connectivity index (χ2v) is 6.16. The zero-order chi connectivity index (χ0) is 18.8.